The van der Waals surface area contributed by atoms with Crippen molar-refractivity contribution in [1.82, 2.24) is 10.2 Å². The summed E-state index contributed by atoms with van der Waals surface area (Å²) in [5.74, 6) is -1.55. The molecular formula is C31H35F3N2O6. The number of nitrogens with zero attached hydrogens (tertiary/aromatic N) is 1. The lowest BCUT2D eigenvalue weighted by Gasteiger charge is -2.52. The molecule has 2 fully saturated rings. The van der Waals surface area contributed by atoms with Crippen LogP contribution in [0.3, 0.4) is 0 Å². The van der Waals surface area contributed by atoms with Crippen molar-refractivity contribution < 1.29 is 41.4 Å². The maximum absolute atomic E-state index is 14.0. The van der Waals surface area contributed by atoms with E-state index in [-0.39, 0.29) is 49.4 Å². The standard InChI is InChI=1S/C31H35F3N2O6/c1-19-30(29(39)40-2)16-22(14-27(37)35-17-20-7-5-10-23(13-20)31(32,33)34)28(38)36(18-24-11-6-12-41-24)26(30)15-25(42-19)21-8-3-4-9-21/h5-7,10-13,15,19,21-22,25H,3-4,8-9,14,16-18H2,1-2H3,(H,35,37)/t19-,22+,25-,30+/m1/s1. The Labute approximate surface area is 242 Å². The average molecular weight is 589 g/mol. The SMILES string of the molecule is COC(=O)[C@]12C[C@H](CC(=O)NCc3cccc(C(F)(F)F)c3)C(=O)N(Cc3ccco3)C1=C[C@H](C1CCCC1)O[C@@H]2C. The number of rotatable bonds is 8. The van der Waals surface area contributed by atoms with E-state index in [1.807, 2.05) is 6.08 Å². The Hall–Kier alpha value is -3.60. The van der Waals surface area contributed by atoms with E-state index in [2.05, 4.69) is 5.32 Å². The Morgan fingerprint density at radius 3 is 2.60 bits per heavy atom. The van der Waals surface area contributed by atoms with Gasteiger partial charge in [-0.05, 0) is 68.0 Å². The van der Waals surface area contributed by atoms with Gasteiger partial charge in [0.15, 0.2) is 0 Å². The summed E-state index contributed by atoms with van der Waals surface area (Å²) in [6.45, 7) is 1.72. The van der Waals surface area contributed by atoms with Crippen LogP contribution >= 0.6 is 0 Å². The number of esters is 1. The Morgan fingerprint density at radius 2 is 1.93 bits per heavy atom. The van der Waals surface area contributed by atoms with Gasteiger partial charge in [-0.1, -0.05) is 25.0 Å². The molecule has 3 aliphatic rings. The number of furan rings is 1. The second kappa shape index (κ2) is 11.9. The zero-order chi connectivity index (χ0) is 30.1. The minimum Gasteiger partial charge on any atom is -0.468 e. The topological polar surface area (TPSA) is 98.1 Å². The minimum absolute atomic E-state index is 0.00543. The highest BCUT2D eigenvalue weighted by molar-refractivity contribution is 5.92. The van der Waals surface area contributed by atoms with Crippen LogP contribution in [0.4, 0.5) is 13.2 Å². The summed E-state index contributed by atoms with van der Waals surface area (Å²) in [5, 5.41) is 2.63. The predicted octanol–water partition coefficient (Wildman–Crippen LogP) is 5.37. The predicted molar refractivity (Wildman–Crippen MR) is 144 cm³/mol. The van der Waals surface area contributed by atoms with Crippen molar-refractivity contribution in [3.8, 4) is 0 Å². The van der Waals surface area contributed by atoms with Gasteiger partial charge in [0.1, 0.15) is 11.2 Å². The van der Waals surface area contributed by atoms with Gasteiger partial charge in [0.05, 0.1) is 37.7 Å². The van der Waals surface area contributed by atoms with Crippen LogP contribution in [-0.2, 0) is 43.1 Å². The number of carbonyl (C=O) groups is 3. The second-order valence-electron chi connectivity index (χ2n) is 11.4. The lowest BCUT2D eigenvalue weighted by atomic mass is 9.66. The summed E-state index contributed by atoms with van der Waals surface area (Å²) < 4.78 is 56.6. The first kappa shape index (κ1) is 29.9. The van der Waals surface area contributed by atoms with Crippen molar-refractivity contribution in [3.63, 3.8) is 0 Å². The highest BCUT2D eigenvalue weighted by atomic mass is 19.4. The highest BCUT2D eigenvalue weighted by Crippen LogP contribution is 2.52. The first-order valence-corrected chi connectivity index (χ1v) is 14.3. The highest BCUT2D eigenvalue weighted by Gasteiger charge is 2.60. The molecule has 0 spiro atoms. The van der Waals surface area contributed by atoms with Crippen molar-refractivity contribution in [2.75, 3.05) is 7.11 Å². The van der Waals surface area contributed by atoms with E-state index in [1.165, 1.54) is 30.4 Å². The van der Waals surface area contributed by atoms with Gasteiger partial charge >= 0.3 is 12.1 Å². The molecule has 1 N–H and O–H groups in total. The molecule has 1 saturated carbocycles. The van der Waals surface area contributed by atoms with Crippen LogP contribution in [0, 0.1) is 17.3 Å². The first-order valence-electron chi connectivity index (χ1n) is 14.3. The molecule has 42 heavy (non-hydrogen) atoms. The molecule has 5 rings (SSSR count). The number of methoxy groups -OCH3 is 1. The molecule has 0 radical (unpaired) electrons. The van der Waals surface area contributed by atoms with Gasteiger partial charge in [-0.2, -0.15) is 13.2 Å². The molecule has 2 amide bonds. The number of alkyl halides is 3. The number of amides is 2. The maximum Gasteiger partial charge on any atom is 0.416 e. The summed E-state index contributed by atoms with van der Waals surface area (Å²) in [5.41, 5.74) is -1.37. The average Bonchev–Trinajstić information content (AvgIpc) is 3.69. The number of ether oxygens (including phenoxy) is 2. The molecule has 1 aromatic heterocycles. The van der Waals surface area contributed by atoms with Gasteiger partial charge in [-0.25, -0.2) is 0 Å². The molecule has 3 heterocycles. The summed E-state index contributed by atoms with van der Waals surface area (Å²) in [7, 11) is 1.29. The van der Waals surface area contributed by atoms with Gasteiger partial charge < -0.3 is 24.1 Å². The van der Waals surface area contributed by atoms with Crippen molar-refractivity contribution in [2.45, 2.75) is 76.9 Å². The van der Waals surface area contributed by atoms with Crippen molar-refractivity contribution >= 4 is 17.8 Å². The molecule has 0 unspecified atom stereocenters. The summed E-state index contributed by atoms with van der Waals surface area (Å²) in [6.07, 6.45) is 1.87. The van der Waals surface area contributed by atoms with Crippen LogP contribution in [0.15, 0.2) is 58.9 Å². The number of likely N-dealkylation sites (tertiary alicyclic amines) is 1. The van der Waals surface area contributed by atoms with Crippen LogP contribution in [-0.4, -0.2) is 42.0 Å². The van der Waals surface area contributed by atoms with E-state index in [1.54, 1.807) is 19.1 Å². The molecule has 4 atom stereocenters. The number of piperidine rings is 1. The monoisotopic (exact) mass is 588 g/mol. The normalized spacial score (nSPS) is 26.5. The van der Waals surface area contributed by atoms with Gasteiger partial charge in [0.25, 0.3) is 0 Å². The van der Waals surface area contributed by atoms with Gasteiger partial charge in [0.2, 0.25) is 11.8 Å². The molecule has 11 heteroatoms. The van der Waals surface area contributed by atoms with E-state index in [4.69, 9.17) is 13.9 Å². The van der Waals surface area contributed by atoms with Crippen molar-refractivity contribution in [2.24, 2.45) is 17.3 Å². The Morgan fingerprint density at radius 1 is 1.17 bits per heavy atom. The molecule has 226 valence electrons. The van der Waals surface area contributed by atoms with Crippen LogP contribution in [0.5, 0.6) is 0 Å². The Balaban J connectivity index is 1.42. The van der Waals surface area contributed by atoms with Crippen LogP contribution in [0.1, 0.15) is 62.3 Å². The number of nitrogens with one attached hydrogen (secondary N) is 1. The summed E-state index contributed by atoms with van der Waals surface area (Å²) >= 11 is 0. The van der Waals surface area contributed by atoms with Crippen LogP contribution in [0.25, 0.3) is 0 Å². The van der Waals surface area contributed by atoms with Crippen molar-refractivity contribution in [3.05, 3.63) is 71.3 Å². The molecule has 2 aromatic rings. The van der Waals surface area contributed by atoms with E-state index in [0.717, 1.165) is 37.8 Å². The largest absolute Gasteiger partial charge is 0.468 e. The molecule has 1 aliphatic carbocycles. The van der Waals surface area contributed by atoms with Gasteiger partial charge in [-0.15, -0.1) is 0 Å². The van der Waals surface area contributed by atoms with E-state index in [0.29, 0.717) is 11.5 Å². The Bertz CT molecular complexity index is 1330. The third kappa shape index (κ3) is 5.84. The molecule has 0 bridgehead atoms. The molecule has 8 nitrogen and oxygen atoms in total. The van der Waals surface area contributed by atoms with E-state index in [9.17, 15) is 27.6 Å². The fourth-order valence-corrected chi connectivity index (χ4v) is 6.62. The second-order valence-corrected chi connectivity index (χ2v) is 11.4. The zero-order valence-corrected chi connectivity index (χ0v) is 23.6. The van der Waals surface area contributed by atoms with Crippen LogP contribution < -0.4 is 5.32 Å². The van der Waals surface area contributed by atoms with E-state index >= 15 is 0 Å². The lowest BCUT2D eigenvalue weighted by Crippen LogP contribution is -2.60. The number of fused-ring (bicyclic) bond motifs is 1. The van der Waals surface area contributed by atoms with E-state index < -0.39 is 41.1 Å². The van der Waals surface area contributed by atoms with Gasteiger partial charge in [0, 0.05) is 24.6 Å². The third-order valence-electron chi connectivity index (χ3n) is 8.79. The number of carbonyl (C=O) groups excluding carboxylic acids is 3. The van der Waals surface area contributed by atoms with Crippen LogP contribution in [0.2, 0.25) is 0 Å². The first-order chi connectivity index (χ1) is 20.0. The third-order valence-corrected chi connectivity index (χ3v) is 8.79. The summed E-state index contributed by atoms with van der Waals surface area (Å²) in [4.78, 5) is 42.2. The number of benzene rings is 1. The zero-order valence-electron chi connectivity index (χ0n) is 23.6. The number of halogens is 3. The molecular weight excluding hydrogens is 553 g/mol. The smallest absolute Gasteiger partial charge is 0.416 e. The Kier molecular flexibility index (Phi) is 8.50. The fraction of sp³-hybridized carbons (Fsp3) is 0.516. The minimum atomic E-state index is -4.51. The summed E-state index contributed by atoms with van der Waals surface area (Å²) in [6, 6.07) is 8.13. The lowest BCUT2D eigenvalue weighted by molar-refractivity contribution is -0.178. The van der Waals surface area contributed by atoms with Gasteiger partial charge in [-0.3, -0.25) is 14.4 Å². The number of hydrogen-bond acceptors (Lipinski definition) is 6. The maximum atomic E-state index is 14.0. The fourth-order valence-electron chi connectivity index (χ4n) is 6.62. The molecule has 1 aromatic carbocycles. The van der Waals surface area contributed by atoms with Crippen molar-refractivity contribution in [1.29, 1.82) is 0 Å². The molecule has 2 aliphatic heterocycles. The number of hydrogen-bond donors (Lipinski definition) is 1. The molecule has 1 saturated heterocycles. The quantitative estimate of drug-likeness (QED) is 0.417.